The zero-order valence-electron chi connectivity index (χ0n) is 10.7. The average molecular weight is 348 g/mol. The SMILES string of the molecule is CCS(=O)(=O)[C@@H]1[C@@H](c2ccc(Br)cc2)[C@]1(CN)CO. The van der Waals surface area contributed by atoms with E-state index in [1.54, 1.807) is 6.92 Å². The van der Waals surface area contributed by atoms with Gasteiger partial charge in [0.1, 0.15) is 0 Å². The van der Waals surface area contributed by atoms with E-state index in [4.69, 9.17) is 5.73 Å². The van der Waals surface area contributed by atoms with Crippen molar-refractivity contribution in [2.24, 2.45) is 11.1 Å². The molecule has 0 saturated heterocycles. The van der Waals surface area contributed by atoms with Gasteiger partial charge in [0.05, 0.1) is 11.9 Å². The zero-order chi connectivity index (χ0) is 14.3. The lowest BCUT2D eigenvalue weighted by Crippen LogP contribution is -2.28. The summed E-state index contributed by atoms with van der Waals surface area (Å²) >= 11 is 3.35. The molecule has 0 aromatic heterocycles. The van der Waals surface area contributed by atoms with E-state index in [0.29, 0.717) is 0 Å². The van der Waals surface area contributed by atoms with Gasteiger partial charge in [-0.15, -0.1) is 0 Å². The maximum Gasteiger partial charge on any atom is 0.154 e. The average Bonchev–Trinajstić information content (AvgIpc) is 3.10. The lowest BCUT2D eigenvalue weighted by molar-refractivity contribution is 0.212. The number of hydrogen-bond donors (Lipinski definition) is 2. The first-order valence-corrected chi connectivity index (χ1v) is 8.71. The van der Waals surface area contributed by atoms with Crippen LogP contribution in [0.15, 0.2) is 28.7 Å². The molecule has 1 aromatic rings. The predicted molar refractivity (Wildman–Crippen MR) is 78.7 cm³/mol. The van der Waals surface area contributed by atoms with Gasteiger partial charge < -0.3 is 10.8 Å². The highest BCUT2D eigenvalue weighted by molar-refractivity contribution is 9.10. The lowest BCUT2D eigenvalue weighted by atomic mass is 10.0. The molecular weight excluding hydrogens is 330 g/mol. The minimum atomic E-state index is -3.22. The van der Waals surface area contributed by atoms with Crippen LogP contribution in [-0.4, -0.2) is 37.7 Å². The Balaban J connectivity index is 2.42. The summed E-state index contributed by atoms with van der Waals surface area (Å²) < 4.78 is 25.3. The van der Waals surface area contributed by atoms with Gasteiger partial charge >= 0.3 is 0 Å². The molecule has 19 heavy (non-hydrogen) atoms. The summed E-state index contributed by atoms with van der Waals surface area (Å²) in [6.45, 7) is 1.60. The minimum absolute atomic E-state index is 0.0758. The summed E-state index contributed by atoms with van der Waals surface area (Å²) in [5.41, 5.74) is 5.95. The Kier molecular flexibility index (Phi) is 4.07. The highest BCUT2D eigenvalue weighted by atomic mass is 79.9. The molecule has 0 radical (unpaired) electrons. The van der Waals surface area contributed by atoms with Crippen molar-refractivity contribution in [3.8, 4) is 0 Å². The van der Waals surface area contributed by atoms with Gasteiger partial charge in [-0.25, -0.2) is 8.42 Å². The van der Waals surface area contributed by atoms with Crippen LogP contribution in [0.3, 0.4) is 0 Å². The third-order valence-corrected chi connectivity index (χ3v) is 6.92. The fraction of sp³-hybridized carbons (Fsp3) is 0.538. The van der Waals surface area contributed by atoms with Gasteiger partial charge in [-0.3, -0.25) is 0 Å². The minimum Gasteiger partial charge on any atom is -0.396 e. The predicted octanol–water partition coefficient (Wildman–Crippen LogP) is 1.29. The van der Waals surface area contributed by atoms with Crippen molar-refractivity contribution in [3.05, 3.63) is 34.3 Å². The van der Waals surface area contributed by atoms with Crippen LogP contribution in [0.4, 0.5) is 0 Å². The normalized spacial score (nSPS) is 30.3. The third kappa shape index (κ3) is 2.35. The smallest absolute Gasteiger partial charge is 0.154 e. The molecule has 1 fully saturated rings. The molecule has 106 valence electrons. The Morgan fingerprint density at radius 1 is 1.37 bits per heavy atom. The lowest BCUT2D eigenvalue weighted by Gasteiger charge is -2.11. The summed E-state index contributed by atoms with van der Waals surface area (Å²) in [6.07, 6.45) is 0. The van der Waals surface area contributed by atoms with Crippen molar-refractivity contribution < 1.29 is 13.5 Å². The van der Waals surface area contributed by atoms with Crippen LogP contribution in [0.1, 0.15) is 18.4 Å². The monoisotopic (exact) mass is 347 g/mol. The fourth-order valence-corrected chi connectivity index (χ4v) is 5.29. The maximum atomic E-state index is 12.2. The van der Waals surface area contributed by atoms with Crippen LogP contribution < -0.4 is 5.73 Å². The number of hydrogen-bond acceptors (Lipinski definition) is 4. The molecule has 0 amide bonds. The Hall–Kier alpha value is -0.430. The molecule has 1 aromatic carbocycles. The largest absolute Gasteiger partial charge is 0.396 e. The van der Waals surface area contributed by atoms with Gasteiger partial charge in [-0.2, -0.15) is 0 Å². The zero-order valence-corrected chi connectivity index (χ0v) is 13.1. The number of nitrogens with two attached hydrogens (primary N) is 1. The van der Waals surface area contributed by atoms with E-state index in [2.05, 4.69) is 15.9 Å². The van der Waals surface area contributed by atoms with Crippen molar-refractivity contribution in [1.82, 2.24) is 0 Å². The van der Waals surface area contributed by atoms with Gasteiger partial charge in [0.2, 0.25) is 0 Å². The molecule has 0 aliphatic heterocycles. The molecule has 1 aliphatic carbocycles. The molecule has 1 saturated carbocycles. The van der Waals surface area contributed by atoms with Crippen molar-refractivity contribution in [2.45, 2.75) is 18.1 Å². The van der Waals surface area contributed by atoms with E-state index in [1.807, 2.05) is 24.3 Å². The van der Waals surface area contributed by atoms with Crippen molar-refractivity contribution in [2.75, 3.05) is 18.9 Å². The van der Waals surface area contributed by atoms with Crippen LogP contribution in [0.25, 0.3) is 0 Å². The van der Waals surface area contributed by atoms with Crippen LogP contribution in [-0.2, 0) is 9.84 Å². The van der Waals surface area contributed by atoms with Crippen LogP contribution in [0.2, 0.25) is 0 Å². The molecule has 2 rings (SSSR count). The summed E-state index contributed by atoms with van der Waals surface area (Å²) in [5, 5.41) is 9.05. The topological polar surface area (TPSA) is 80.4 Å². The van der Waals surface area contributed by atoms with E-state index < -0.39 is 20.5 Å². The third-order valence-electron chi connectivity index (χ3n) is 4.07. The molecule has 0 spiro atoms. The Morgan fingerprint density at radius 3 is 2.37 bits per heavy atom. The molecule has 0 unspecified atom stereocenters. The second-order valence-electron chi connectivity index (χ2n) is 5.00. The van der Waals surface area contributed by atoms with Gasteiger partial charge in [-0.05, 0) is 17.7 Å². The second kappa shape index (κ2) is 5.16. The summed E-state index contributed by atoms with van der Waals surface area (Å²) in [4.78, 5) is 0. The Bertz CT molecular complexity index is 552. The highest BCUT2D eigenvalue weighted by Gasteiger charge is 2.69. The number of aliphatic hydroxyl groups excluding tert-OH is 1. The summed E-state index contributed by atoms with van der Waals surface area (Å²) in [6, 6.07) is 7.53. The number of sulfone groups is 1. The molecule has 0 bridgehead atoms. The summed E-state index contributed by atoms with van der Waals surface area (Å²) in [7, 11) is -3.22. The van der Waals surface area contributed by atoms with Crippen molar-refractivity contribution in [1.29, 1.82) is 0 Å². The molecule has 1 aliphatic rings. The Morgan fingerprint density at radius 2 is 1.95 bits per heavy atom. The quantitative estimate of drug-likeness (QED) is 0.840. The number of aliphatic hydroxyl groups is 1. The van der Waals surface area contributed by atoms with E-state index in [9.17, 15) is 13.5 Å². The molecular formula is C13H18BrNO3S. The number of benzene rings is 1. The van der Waals surface area contributed by atoms with Crippen LogP contribution in [0.5, 0.6) is 0 Å². The van der Waals surface area contributed by atoms with E-state index in [1.165, 1.54) is 0 Å². The maximum absolute atomic E-state index is 12.2. The van der Waals surface area contributed by atoms with E-state index in [0.717, 1.165) is 10.0 Å². The fourth-order valence-electron chi connectivity index (χ4n) is 2.87. The molecule has 4 nitrogen and oxygen atoms in total. The van der Waals surface area contributed by atoms with Gasteiger partial charge in [-0.1, -0.05) is 35.0 Å². The first-order chi connectivity index (χ1) is 8.93. The van der Waals surface area contributed by atoms with Crippen LogP contribution >= 0.6 is 15.9 Å². The van der Waals surface area contributed by atoms with E-state index in [-0.39, 0.29) is 24.8 Å². The molecule has 3 atom stereocenters. The molecule has 0 heterocycles. The van der Waals surface area contributed by atoms with Crippen molar-refractivity contribution >= 4 is 25.8 Å². The van der Waals surface area contributed by atoms with Crippen molar-refractivity contribution in [3.63, 3.8) is 0 Å². The summed E-state index contributed by atoms with van der Waals surface area (Å²) in [5.74, 6) is -0.132. The molecule has 3 N–H and O–H groups in total. The first-order valence-electron chi connectivity index (χ1n) is 6.21. The Labute approximate surface area is 122 Å². The van der Waals surface area contributed by atoms with Crippen LogP contribution in [0, 0.1) is 5.41 Å². The van der Waals surface area contributed by atoms with Gasteiger partial charge in [0, 0.05) is 28.1 Å². The van der Waals surface area contributed by atoms with E-state index >= 15 is 0 Å². The first kappa shape index (κ1) is 15.0. The number of halogens is 1. The number of rotatable bonds is 5. The second-order valence-corrected chi connectivity index (χ2v) is 8.32. The van der Waals surface area contributed by atoms with Gasteiger partial charge in [0.15, 0.2) is 9.84 Å². The standard InChI is InChI=1S/C13H18BrNO3S/c1-2-19(17,18)12-11(13(12,7-15)8-16)9-3-5-10(14)6-4-9/h3-6,11-12,16H,2,7-8,15H2,1H3/t11-,12-,13+/m1/s1. The van der Waals surface area contributed by atoms with Gasteiger partial charge in [0.25, 0.3) is 0 Å². The highest BCUT2D eigenvalue weighted by Crippen LogP contribution is 2.62. The molecule has 6 heteroatoms.